The molecule has 0 atom stereocenters. The Kier molecular flexibility index (Phi) is 4.07. The average Bonchev–Trinajstić information content (AvgIpc) is 2.42. The molecule has 0 radical (unpaired) electrons. The summed E-state index contributed by atoms with van der Waals surface area (Å²) in [6.07, 6.45) is -0.103. The molecule has 0 aliphatic heterocycles. The normalized spacial score (nSPS) is 10.4. The van der Waals surface area contributed by atoms with Crippen molar-refractivity contribution in [2.24, 2.45) is 0 Å². The second-order valence-corrected chi connectivity index (χ2v) is 4.61. The number of carbonyl (C=O) groups excluding carboxylic acids is 1. The summed E-state index contributed by atoms with van der Waals surface area (Å²) in [6.45, 7) is 1.53. The number of Topliss-reactive ketones (excluding diaryl/α,β-unsaturated/α-hetero) is 1. The van der Waals surface area contributed by atoms with Crippen LogP contribution in [0.5, 0.6) is 0 Å². The van der Waals surface area contributed by atoms with Gasteiger partial charge in [0.05, 0.1) is 4.92 Å². The van der Waals surface area contributed by atoms with E-state index in [0.717, 1.165) is 12.1 Å². The summed E-state index contributed by atoms with van der Waals surface area (Å²) in [5.74, 6) is -2.31. The van der Waals surface area contributed by atoms with Crippen LogP contribution in [0.25, 0.3) is 0 Å². The zero-order valence-corrected chi connectivity index (χ0v) is 11.1. The monoisotopic (exact) mass is 291 g/mol. The Morgan fingerprint density at radius 1 is 1.14 bits per heavy atom. The molecule has 2 rings (SSSR count). The van der Waals surface area contributed by atoms with Crippen molar-refractivity contribution in [2.75, 3.05) is 0 Å². The Hall–Kier alpha value is -2.63. The van der Waals surface area contributed by atoms with E-state index in [1.807, 2.05) is 0 Å². The van der Waals surface area contributed by atoms with Crippen LogP contribution in [0, 0.1) is 28.7 Å². The molecule has 0 saturated heterocycles. The van der Waals surface area contributed by atoms with Gasteiger partial charge in [-0.25, -0.2) is 8.78 Å². The van der Waals surface area contributed by atoms with Gasteiger partial charge in [0.1, 0.15) is 0 Å². The third-order valence-corrected chi connectivity index (χ3v) is 3.06. The fourth-order valence-electron chi connectivity index (χ4n) is 1.97. The first-order valence-corrected chi connectivity index (χ1v) is 6.10. The predicted octanol–water partition coefficient (Wildman–Crippen LogP) is 3.61. The molecule has 0 bridgehead atoms. The zero-order valence-electron chi connectivity index (χ0n) is 11.1. The standard InChI is InChI=1S/C15H11F2NO3/c1-9-6-11(3-5-14(9)18(20)21)15(19)8-10-2-4-12(16)13(17)7-10/h2-7H,8H2,1H3. The van der Waals surface area contributed by atoms with E-state index < -0.39 is 16.6 Å². The molecule has 0 heterocycles. The molecule has 6 heteroatoms. The molecule has 0 N–H and O–H groups in total. The highest BCUT2D eigenvalue weighted by Gasteiger charge is 2.14. The molecule has 0 aromatic heterocycles. The van der Waals surface area contributed by atoms with Gasteiger partial charge in [-0.3, -0.25) is 14.9 Å². The molecule has 2 aromatic rings. The SMILES string of the molecule is Cc1cc(C(=O)Cc2ccc(F)c(F)c2)ccc1[N+](=O)[O-]. The van der Waals surface area contributed by atoms with Crippen LogP contribution in [-0.2, 0) is 6.42 Å². The fourth-order valence-corrected chi connectivity index (χ4v) is 1.97. The van der Waals surface area contributed by atoms with Crippen LogP contribution in [0.1, 0.15) is 21.5 Å². The topological polar surface area (TPSA) is 60.2 Å². The molecule has 0 unspecified atom stereocenters. The molecule has 108 valence electrons. The first-order valence-electron chi connectivity index (χ1n) is 6.10. The number of nitro groups is 1. The average molecular weight is 291 g/mol. The van der Waals surface area contributed by atoms with Crippen LogP contribution in [0.2, 0.25) is 0 Å². The minimum absolute atomic E-state index is 0.0700. The lowest BCUT2D eigenvalue weighted by Crippen LogP contribution is -2.05. The molecule has 2 aromatic carbocycles. The summed E-state index contributed by atoms with van der Waals surface area (Å²) in [7, 11) is 0. The van der Waals surface area contributed by atoms with Gasteiger partial charge in [0, 0.05) is 23.6 Å². The Morgan fingerprint density at radius 3 is 2.43 bits per heavy atom. The van der Waals surface area contributed by atoms with Crippen LogP contribution in [0.4, 0.5) is 14.5 Å². The predicted molar refractivity (Wildman–Crippen MR) is 72.2 cm³/mol. The lowest BCUT2D eigenvalue weighted by Gasteiger charge is -2.04. The van der Waals surface area contributed by atoms with Gasteiger partial charge in [-0.2, -0.15) is 0 Å². The van der Waals surface area contributed by atoms with E-state index in [2.05, 4.69) is 0 Å². The van der Waals surface area contributed by atoms with Gasteiger partial charge in [-0.05, 0) is 36.8 Å². The third-order valence-electron chi connectivity index (χ3n) is 3.06. The van der Waals surface area contributed by atoms with Crippen LogP contribution in [0.3, 0.4) is 0 Å². The van der Waals surface area contributed by atoms with Crippen molar-refractivity contribution in [1.29, 1.82) is 0 Å². The molecule has 0 aliphatic rings. The number of hydrogen-bond acceptors (Lipinski definition) is 3. The first-order chi connectivity index (χ1) is 9.88. The van der Waals surface area contributed by atoms with Gasteiger partial charge in [-0.15, -0.1) is 0 Å². The van der Waals surface area contributed by atoms with Crippen molar-refractivity contribution in [1.82, 2.24) is 0 Å². The number of nitro benzene ring substituents is 1. The molecule has 0 amide bonds. The molecule has 0 saturated carbocycles. The Labute approximate surface area is 119 Å². The second kappa shape index (κ2) is 5.78. The Bertz CT molecular complexity index is 729. The number of hydrogen-bond donors (Lipinski definition) is 0. The molecular weight excluding hydrogens is 280 g/mol. The highest BCUT2D eigenvalue weighted by Crippen LogP contribution is 2.20. The van der Waals surface area contributed by atoms with E-state index in [0.29, 0.717) is 16.7 Å². The number of aryl methyl sites for hydroxylation is 1. The first kappa shape index (κ1) is 14.8. The highest BCUT2D eigenvalue weighted by atomic mass is 19.2. The zero-order chi connectivity index (χ0) is 15.6. The number of ketones is 1. The number of halogens is 2. The molecular formula is C15H11F2NO3. The van der Waals surface area contributed by atoms with Gasteiger partial charge in [0.25, 0.3) is 5.69 Å². The van der Waals surface area contributed by atoms with Crippen molar-refractivity contribution >= 4 is 11.5 Å². The highest BCUT2D eigenvalue weighted by molar-refractivity contribution is 5.97. The Balaban J connectivity index is 2.22. The van der Waals surface area contributed by atoms with E-state index in [-0.39, 0.29) is 17.9 Å². The van der Waals surface area contributed by atoms with Crippen molar-refractivity contribution in [3.05, 3.63) is 74.8 Å². The number of carbonyl (C=O) groups is 1. The maximum atomic E-state index is 13.1. The summed E-state index contributed by atoms with van der Waals surface area (Å²) < 4.78 is 25.9. The molecule has 0 fully saturated rings. The molecule has 0 spiro atoms. The molecule has 21 heavy (non-hydrogen) atoms. The smallest absolute Gasteiger partial charge is 0.272 e. The summed E-state index contributed by atoms with van der Waals surface area (Å²) in [5, 5.41) is 10.7. The largest absolute Gasteiger partial charge is 0.294 e. The molecule has 4 nitrogen and oxygen atoms in total. The van der Waals surface area contributed by atoms with Crippen molar-refractivity contribution in [3.8, 4) is 0 Å². The number of rotatable bonds is 4. The summed E-state index contributed by atoms with van der Waals surface area (Å²) in [5.41, 5.74) is 0.938. The van der Waals surface area contributed by atoms with E-state index in [1.165, 1.54) is 31.2 Å². The lowest BCUT2D eigenvalue weighted by atomic mass is 10.0. The second-order valence-electron chi connectivity index (χ2n) is 4.61. The van der Waals surface area contributed by atoms with E-state index >= 15 is 0 Å². The van der Waals surface area contributed by atoms with Crippen LogP contribution < -0.4 is 0 Å². The van der Waals surface area contributed by atoms with Gasteiger partial charge in [-0.1, -0.05) is 6.07 Å². The molecule has 0 aliphatic carbocycles. The van der Waals surface area contributed by atoms with Crippen LogP contribution in [-0.4, -0.2) is 10.7 Å². The van der Waals surface area contributed by atoms with Gasteiger partial charge < -0.3 is 0 Å². The van der Waals surface area contributed by atoms with Crippen molar-refractivity contribution in [2.45, 2.75) is 13.3 Å². The Morgan fingerprint density at radius 2 is 1.86 bits per heavy atom. The number of benzene rings is 2. The van der Waals surface area contributed by atoms with E-state index in [1.54, 1.807) is 0 Å². The maximum Gasteiger partial charge on any atom is 0.272 e. The van der Waals surface area contributed by atoms with Gasteiger partial charge in [0.2, 0.25) is 0 Å². The third kappa shape index (κ3) is 3.28. The van der Waals surface area contributed by atoms with E-state index in [9.17, 15) is 23.7 Å². The fraction of sp³-hybridized carbons (Fsp3) is 0.133. The maximum absolute atomic E-state index is 13.1. The van der Waals surface area contributed by atoms with E-state index in [4.69, 9.17) is 0 Å². The van der Waals surface area contributed by atoms with Crippen LogP contribution >= 0.6 is 0 Å². The van der Waals surface area contributed by atoms with Gasteiger partial charge in [0.15, 0.2) is 17.4 Å². The quantitative estimate of drug-likeness (QED) is 0.491. The lowest BCUT2D eigenvalue weighted by molar-refractivity contribution is -0.385. The summed E-state index contributed by atoms with van der Waals surface area (Å²) in [6, 6.07) is 7.28. The summed E-state index contributed by atoms with van der Waals surface area (Å²) in [4.78, 5) is 22.2. The summed E-state index contributed by atoms with van der Waals surface area (Å²) >= 11 is 0. The minimum Gasteiger partial charge on any atom is -0.294 e. The minimum atomic E-state index is -1.01. The van der Waals surface area contributed by atoms with Crippen molar-refractivity contribution < 1.29 is 18.5 Å². The van der Waals surface area contributed by atoms with Gasteiger partial charge >= 0.3 is 0 Å². The number of nitrogens with zero attached hydrogens (tertiary/aromatic N) is 1. The van der Waals surface area contributed by atoms with Crippen LogP contribution in [0.15, 0.2) is 36.4 Å². The van der Waals surface area contributed by atoms with Crippen molar-refractivity contribution in [3.63, 3.8) is 0 Å².